The van der Waals surface area contributed by atoms with E-state index in [-0.39, 0.29) is 6.61 Å². The molecule has 4 rings (SSSR count). The Bertz CT molecular complexity index is 1560. The number of carbonyl (C=O) groups is 1. The summed E-state index contributed by atoms with van der Waals surface area (Å²) in [7, 11) is 0. The van der Waals surface area contributed by atoms with Crippen molar-refractivity contribution in [1.82, 2.24) is 0 Å². The summed E-state index contributed by atoms with van der Waals surface area (Å²) in [6.45, 7) is 10.4. The molecule has 7 heteroatoms. The molecule has 1 saturated carbocycles. The Morgan fingerprint density at radius 1 is 0.755 bits per heavy atom. The van der Waals surface area contributed by atoms with Crippen molar-refractivity contribution < 1.29 is 14.3 Å². The van der Waals surface area contributed by atoms with Crippen LogP contribution in [-0.2, 0) is 28.8 Å². The monoisotopic (exact) mass is 792 g/mol. The van der Waals surface area contributed by atoms with Gasteiger partial charge in [0.1, 0.15) is 12.4 Å². The number of benzene rings is 3. The highest BCUT2D eigenvalue weighted by Gasteiger charge is 2.32. The van der Waals surface area contributed by atoms with Gasteiger partial charge >= 0.3 is 5.97 Å². The molecule has 0 aliphatic heterocycles. The van der Waals surface area contributed by atoms with Crippen LogP contribution in [0, 0.1) is 11.3 Å². The molecule has 3 nitrogen and oxygen atoms in total. The minimum absolute atomic E-state index is 0.164. The summed E-state index contributed by atoms with van der Waals surface area (Å²) in [4.78, 5) is 12.3. The fourth-order valence-corrected chi connectivity index (χ4v) is 8.69. The highest BCUT2D eigenvalue weighted by Crippen LogP contribution is 2.40. The molecule has 1 aliphatic carbocycles. The van der Waals surface area contributed by atoms with Crippen molar-refractivity contribution in [2.24, 2.45) is 11.3 Å². The molecule has 290 valence electrons. The Labute approximate surface area is 343 Å². The fourth-order valence-electron chi connectivity index (χ4n) is 7.61. The standard InChI is InChI=1S/C46H64O3S4/c1-5-7-8-11-34-14-16-36(17-15-34)37-18-20-38(21-19-37)39-22-23-43(35(6-2)26-39)42-27-40(12-9-24-50)44(41(28-42)13-10-25-51)48-29-46(31-52,32-53)30-49-45(47)33(3)4/h18-23,26-28,34,36,50-53H,3,5-17,24-25,29-32H2,1-2,4H3. The Kier molecular flexibility index (Phi) is 18.7. The molecular weight excluding hydrogens is 729 g/mol. The van der Waals surface area contributed by atoms with Gasteiger partial charge in [-0.05, 0) is 145 Å². The van der Waals surface area contributed by atoms with Gasteiger partial charge in [0.2, 0.25) is 0 Å². The van der Waals surface area contributed by atoms with Gasteiger partial charge in [-0.3, -0.25) is 0 Å². The topological polar surface area (TPSA) is 35.5 Å². The quantitative estimate of drug-likeness (QED) is 0.0354. The molecule has 0 radical (unpaired) electrons. The van der Waals surface area contributed by atoms with Crippen molar-refractivity contribution in [3.8, 4) is 28.0 Å². The van der Waals surface area contributed by atoms with Crippen LogP contribution in [0.5, 0.6) is 5.75 Å². The number of unbranched alkanes of at least 4 members (excludes halogenated alkanes) is 2. The van der Waals surface area contributed by atoms with Gasteiger partial charge in [-0.15, -0.1) is 0 Å². The molecule has 0 atom stereocenters. The summed E-state index contributed by atoms with van der Waals surface area (Å²) < 4.78 is 12.3. The van der Waals surface area contributed by atoms with E-state index in [9.17, 15) is 4.79 Å². The third-order valence-electron chi connectivity index (χ3n) is 11.1. The van der Waals surface area contributed by atoms with E-state index in [1.165, 1.54) is 95.9 Å². The van der Waals surface area contributed by atoms with Crippen molar-refractivity contribution in [2.45, 2.75) is 110 Å². The van der Waals surface area contributed by atoms with Crippen LogP contribution in [-0.4, -0.2) is 42.2 Å². The Balaban J connectivity index is 1.59. The summed E-state index contributed by atoms with van der Waals surface area (Å²) >= 11 is 18.4. The van der Waals surface area contributed by atoms with Gasteiger partial charge in [0.25, 0.3) is 0 Å². The molecule has 0 aromatic heterocycles. The Morgan fingerprint density at radius 3 is 1.91 bits per heavy atom. The van der Waals surface area contributed by atoms with Crippen molar-refractivity contribution in [2.75, 3.05) is 36.2 Å². The molecule has 0 unspecified atom stereocenters. The van der Waals surface area contributed by atoms with Crippen molar-refractivity contribution in [3.05, 3.63) is 89.0 Å². The zero-order chi connectivity index (χ0) is 38.2. The fraction of sp³-hybridized carbons (Fsp3) is 0.543. The zero-order valence-electron chi connectivity index (χ0n) is 32.5. The van der Waals surface area contributed by atoms with Crippen LogP contribution < -0.4 is 4.74 Å². The predicted molar refractivity (Wildman–Crippen MR) is 241 cm³/mol. The largest absolute Gasteiger partial charge is 0.492 e. The smallest absolute Gasteiger partial charge is 0.333 e. The lowest BCUT2D eigenvalue weighted by Crippen LogP contribution is -2.38. The van der Waals surface area contributed by atoms with Crippen LogP contribution in [0.4, 0.5) is 0 Å². The molecule has 3 aromatic rings. The number of thiol groups is 4. The first-order valence-corrected chi connectivity index (χ1v) is 22.5. The zero-order valence-corrected chi connectivity index (χ0v) is 36.1. The summed E-state index contributed by atoms with van der Waals surface area (Å²) in [6, 6.07) is 21.1. The lowest BCUT2D eigenvalue weighted by molar-refractivity contribution is -0.142. The van der Waals surface area contributed by atoms with E-state index in [2.05, 4.69) is 126 Å². The maximum Gasteiger partial charge on any atom is 0.333 e. The number of hydrogen-bond acceptors (Lipinski definition) is 7. The third kappa shape index (κ3) is 12.5. The van der Waals surface area contributed by atoms with E-state index in [0.717, 1.165) is 55.3 Å². The maximum absolute atomic E-state index is 12.3. The summed E-state index contributed by atoms with van der Waals surface area (Å²) in [6.07, 6.45) is 15.5. The molecule has 0 N–H and O–H groups in total. The number of ether oxygens (including phenoxy) is 2. The molecule has 1 aliphatic rings. The van der Waals surface area contributed by atoms with E-state index in [1.54, 1.807) is 6.92 Å². The van der Waals surface area contributed by atoms with Gasteiger partial charge in [-0.25, -0.2) is 4.79 Å². The van der Waals surface area contributed by atoms with Crippen LogP contribution in [0.1, 0.15) is 113 Å². The Hall–Kier alpha value is -1.93. The number of aryl methyl sites for hydroxylation is 3. The predicted octanol–water partition coefficient (Wildman–Crippen LogP) is 12.5. The maximum atomic E-state index is 12.3. The Morgan fingerprint density at radius 2 is 1.36 bits per heavy atom. The van der Waals surface area contributed by atoms with E-state index >= 15 is 0 Å². The van der Waals surface area contributed by atoms with Crippen LogP contribution >= 0.6 is 50.5 Å². The number of hydrogen-bond donors (Lipinski definition) is 4. The molecule has 1 fully saturated rings. The first-order valence-electron chi connectivity index (χ1n) is 20.0. The lowest BCUT2D eigenvalue weighted by atomic mass is 9.77. The minimum Gasteiger partial charge on any atom is -0.492 e. The third-order valence-corrected chi connectivity index (χ3v) is 13.1. The number of carbonyl (C=O) groups excluding carboxylic acids is 1. The number of rotatable bonds is 22. The second-order valence-corrected chi connectivity index (χ2v) is 16.8. The molecule has 3 aromatic carbocycles. The molecule has 0 spiro atoms. The van der Waals surface area contributed by atoms with Crippen molar-refractivity contribution in [1.29, 1.82) is 0 Å². The van der Waals surface area contributed by atoms with Gasteiger partial charge < -0.3 is 9.47 Å². The summed E-state index contributed by atoms with van der Waals surface area (Å²) in [5.41, 5.74) is 10.0. The second kappa shape index (κ2) is 22.6. The molecule has 0 heterocycles. The molecule has 0 bridgehead atoms. The second-order valence-electron chi connectivity index (χ2n) is 15.3. The first kappa shape index (κ1) is 43.8. The van der Waals surface area contributed by atoms with E-state index in [1.807, 2.05) is 0 Å². The van der Waals surface area contributed by atoms with Gasteiger partial charge in [-0.2, -0.15) is 50.5 Å². The van der Waals surface area contributed by atoms with E-state index in [0.29, 0.717) is 29.6 Å². The van der Waals surface area contributed by atoms with Crippen LogP contribution in [0.2, 0.25) is 0 Å². The van der Waals surface area contributed by atoms with Gasteiger partial charge in [0, 0.05) is 17.1 Å². The highest BCUT2D eigenvalue weighted by atomic mass is 32.1. The van der Waals surface area contributed by atoms with Crippen LogP contribution in [0.25, 0.3) is 22.3 Å². The normalized spacial score (nSPS) is 16.1. The van der Waals surface area contributed by atoms with E-state index < -0.39 is 11.4 Å². The summed E-state index contributed by atoms with van der Waals surface area (Å²) in [5.74, 6) is 4.64. The highest BCUT2D eigenvalue weighted by molar-refractivity contribution is 7.81. The molecule has 0 amide bonds. The van der Waals surface area contributed by atoms with Crippen molar-refractivity contribution in [3.63, 3.8) is 0 Å². The average molecular weight is 793 g/mol. The minimum atomic E-state index is -0.547. The first-order chi connectivity index (χ1) is 25.7. The average Bonchev–Trinajstić information content (AvgIpc) is 3.19. The van der Waals surface area contributed by atoms with Gasteiger partial charge in [0.05, 0.1) is 12.0 Å². The molecule has 0 saturated heterocycles. The summed E-state index contributed by atoms with van der Waals surface area (Å²) in [5, 5.41) is 0. The SMILES string of the molecule is C=C(C)C(=O)OCC(CS)(CS)COc1c(CCCS)cc(-c2ccc(-c3ccc(C4CCC(CCCCC)CC4)cc3)cc2CC)cc1CCCS. The number of esters is 1. The van der Waals surface area contributed by atoms with Crippen LogP contribution in [0.15, 0.2) is 66.7 Å². The van der Waals surface area contributed by atoms with Gasteiger partial charge in [0.15, 0.2) is 0 Å². The van der Waals surface area contributed by atoms with Gasteiger partial charge in [-0.1, -0.05) is 88.6 Å². The molecular formula is C46H64O3S4. The van der Waals surface area contributed by atoms with E-state index in [4.69, 9.17) is 9.47 Å². The van der Waals surface area contributed by atoms with Crippen LogP contribution in [0.3, 0.4) is 0 Å². The van der Waals surface area contributed by atoms with Crippen molar-refractivity contribution >= 4 is 56.5 Å². The lowest BCUT2D eigenvalue weighted by Gasteiger charge is -2.31. The molecule has 53 heavy (non-hydrogen) atoms.